The standard InChI is InChI=1S/C19H19N3O4S/c1-25-16-5-6-18(26-2)19(11-16)27(23,24)22-12-14-7-9-21-17(10-14)15-4-3-8-20-13-15/h3-11,13,22H,12H2,1-2H3. The monoisotopic (exact) mass is 385 g/mol. The van der Waals surface area contributed by atoms with Gasteiger partial charge >= 0.3 is 0 Å². The summed E-state index contributed by atoms with van der Waals surface area (Å²) in [6.07, 6.45) is 5.03. The molecule has 0 atom stereocenters. The molecule has 2 heterocycles. The lowest BCUT2D eigenvalue weighted by atomic mass is 10.1. The Morgan fingerprint density at radius 2 is 1.89 bits per heavy atom. The minimum absolute atomic E-state index is 0.0193. The highest BCUT2D eigenvalue weighted by molar-refractivity contribution is 7.89. The van der Waals surface area contributed by atoms with Crippen molar-refractivity contribution in [3.8, 4) is 22.8 Å². The van der Waals surface area contributed by atoms with Crippen molar-refractivity contribution < 1.29 is 17.9 Å². The van der Waals surface area contributed by atoms with Crippen LogP contribution in [0.4, 0.5) is 0 Å². The number of hydrogen-bond donors (Lipinski definition) is 1. The van der Waals surface area contributed by atoms with Gasteiger partial charge in [-0.3, -0.25) is 9.97 Å². The topological polar surface area (TPSA) is 90.4 Å². The van der Waals surface area contributed by atoms with Crippen molar-refractivity contribution in [1.29, 1.82) is 0 Å². The SMILES string of the molecule is COc1ccc(OC)c(S(=O)(=O)NCc2ccnc(-c3cccnc3)c2)c1. The Kier molecular flexibility index (Phi) is 5.68. The molecule has 0 bridgehead atoms. The van der Waals surface area contributed by atoms with Crippen LogP contribution < -0.4 is 14.2 Å². The molecule has 0 aliphatic carbocycles. The smallest absolute Gasteiger partial charge is 0.244 e. The zero-order valence-corrected chi connectivity index (χ0v) is 15.7. The van der Waals surface area contributed by atoms with E-state index in [4.69, 9.17) is 9.47 Å². The number of sulfonamides is 1. The Balaban J connectivity index is 1.82. The van der Waals surface area contributed by atoms with Crippen molar-refractivity contribution in [2.75, 3.05) is 14.2 Å². The van der Waals surface area contributed by atoms with Gasteiger partial charge in [-0.15, -0.1) is 0 Å². The molecule has 8 heteroatoms. The minimum atomic E-state index is -3.80. The third-order valence-corrected chi connectivity index (χ3v) is 5.33. The van der Waals surface area contributed by atoms with E-state index < -0.39 is 10.0 Å². The molecule has 0 radical (unpaired) electrons. The number of methoxy groups -OCH3 is 2. The predicted octanol–water partition coefficient (Wildman–Crippen LogP) is 2.64. The average molecular weight is 385 g/mol. The van der Waals surface area contributed by atoms with Crippen molar-refractivity contribution in [1.82, 2.24) is 14.7 Å². The minimum Gasteiger partial charge on any atom is -0.497 e. The summed E-state index contributed by atoms with van der Waals surface area (Å²) >= 11 is 0. The van der Waals surface area contributed by atoms with Crippen molar-refractivity contribution in [2.45, 2.75) is 11.4 Å². The molecule has 3 aromatic rings. The lowest BCUT2D eigenvalue weighted by molar-refractivity contribution is 0.392. The molecule has 27 heavy (non-hydrogen) atoms. The molecule has 0 aliphatic heterocycles. The quantitative estimate of drug-likeness (QED) is 0.672. The number of hydrogen-bond acceptors (Lipinski definition) is 6. The van der Waals surface area contributed by atoms with Gasteiger partial charge in [-0.1, -0.05) is 0 Å². The fraction of sp³-hybridized carbons (Fsp3) is 0.158. The lowest BCUT2D eigenvalue weighted by Gasteiger charge is -2.12. The molecule has 0 fully saturated rings. The van der Waals surface area contributed by atoms with Crippen molar-refractivity contribution in [2.24, 2.45) is 0 Å². The van der Waals surface area contributed by atoms with Gasteiger partial charge in [-0.25, -0.2) is 13.1 Å². The highest BCUT2D eigenvalue weighted by atomic mass is 32.2. The van der Waals surface area contributed by atoms with E-state index in [-0.39, 0.29) is 17.2 Å². The van der Waals surface area contributed by atoms with Crippen molar-refractivity contribution >= 4 is 10.0 Å². The van der Waals surface area contributed by atoms with Crippen molar-refractivity contribution in [3.05, 3.63) is 66.6 Å². The first-order valence-corrected chi connectivity index (χ1v) is 9.59. The van der Waals surface area contributed by atoms with Gasteiger partial charge in [0.2, 0.25) is 10.0 Å². The third-order valence-electron chi connectivity index (χ3n) is 3.91. The number of ether oxygens (including phenoxy) is 2. The van der Waals surface area contributed by atoms with Gasteiger partial charge < -0.3 is 9.47 Å². The van der Waals surface area contributed by atoms with Gasteiger partial charge in [-0.05, 0) is 42.0 Å². The van der Waals surface area contributed by atoms with Gasteiger partial charge in [0.15, 0.2) is 0 Å². The summed E-state index contributed by atoms with van der Waals surface area (Å²) in [5, 5.41) is 0. The molecule has 0 saturated carbocycles. The molecule has 140 valence electrons. The molecule has 1 aromatic carbocycles. The Hall–Kier alpha value is -2.97. The van der Waals surface area contributed by atoms with Crippen LogP contribution in [0.3, 0.4) is 0 Å². The van der Waals surface area contributed by atoms with Gasteiger partial charge in [0, 0.05) is 36.8 Å². The molecule has 0 amide bonds. The van der Waals surface area contributed by atoms with Crippen LogP contribution >= 0.6 is 0 Å². The summed E-state index contributed by atoms with van der Waals surface area (Å²) in [6.45, 7) is 0.110. The molecule has 3 rings (SSSR count). The fourth-order valence-electron chi connectivity index (χ4n) is 2.51. The fourth-order valence-corrected chi connectivity index (χ4v) is 3.71. The highest BCUT2D eigenvalue weighted by Gasteiger charge is 2.20. The van der Waals surface area contributed by atoms with E-state index in [1.807, 2.05) is 18.2 Å². The normalized spacial score (nSPS) is 11.2. The van der Waals surface area contributed by atoms with E-state index >= 15 is 0 Å². The Morgan fingerprint density at radius 3 is 2.59 bits per heavy atom. The number of nitrogens with zero attached hydrogens (tertiary/aromatic N) is 2. The largest absolute Gasteiger partial charge is 0.497 e. The molecule has 0 unspecified atom stereocenters. The van der Waals surface area contributed by atoms with E-state index in [0.29, 0.717) is 5.75 Å². The van der Waals surface area contributed by atoms with Crippen LogP contribution in [0.1, 0.15) is 5.56 Å². The van der Waals surface area contributed by atoms with Crippen LogP contribution in [-0.2, 0) is 16.6 Å². The molecule has 1 N–H and O–H groups in total. The van der Waals surface area contributed by atoms with Gasteiger partial charge in [0.05, 0.1) is 19.9 Å². The first-order valence-electron chi connectivity index (χ1n) is 8.10. The second kappa shape index (κ2) is 8.15. The zero-order chi connectivity index (χ0) is 19.3. The van der Waals surface area contributed by atoms with Gasteiger partial charge in [0.25, 0.3) is 0 Å². The second-order valence-corrected chi connectivity index (χ2v) is 7.37. The second-order valence-electron chi connectivity index (χ2n) is 5.63. The summed E-state index contributed by atoms with van der Waals surface area (Å²) in [5.41, 5.74) is 2.35. The summed E-state index contributed by atoms with van der Waals surface area (Å²) in [6, 6.07) is 11.9. The summed E-state index contributed by atoms with van der Waals surface area (Å²) in [7, 11) is -0.904. The van der Waals surface area contributed by atoms with Crippen LogP contribution in [0.25, 0.3) is 11.3 Å². The Labute approximate surface area is 158 Å². The van der Waals surface area contributed by atoms with Crippen LogP contribution in [-0.4, -0.2) is 32.6 Å². The first-order chi connectivity index (χ1) is 13.0. The van der Waals surface area contributed by atoms with E-state index in [1.165, 1.54) is 20.3 Å². The van der Waals surface area contributed by atoms with Crippen molar-refractivity contribution in [3.63, 3.8) is 0 Å². The molecular formula is C19H19N3O4S. The summed E-state index contributed by atoms with van der Waals surface area (Å²) < 4.78 is 38.3. The highest BCUT2D eigenvalue weighted by Crippen LogP contribution is 2.28. The number of nitrogens with one attached hydrogen (secondary N) is 1. The van der Waals surface area contributed by atoms with E-state index in [0.717, 1.165) is 16.8 Å². The van der Waals surface area contributed by atoms with Gasteiger partial charge in [0.1, 0.15) is 16.4 Å². The number of rotatable bonds is 7. The molecule has 7 nitrogen and oxygen atoms in total. The van der Waals surface area contributed by atoms with Crippen LogP contribution in [0, 0.1) is 0 Å². The summed E-state index contributed by atoms with van der Waals surface area (Å²) in [4.78, 5) is 8.40. The molecule has 0 aliphatic rings. The molecule has 2 aromatic heterocycles. The summed E-state index contributed by atoms with van der Waals surface area (Å²) in [5.74, 6) is 0.674. The average Bonchev–Trinajstić information content (AvgIpc) is 2.72. The van der Waals surface area contributed by atoms with E-state index in [9.17, 15) is 8.42 Å². The Bertz CT molecular complexity index is 1020. The Morgan fingerprint density at radius 1 is 1.04 bits per heavy atom. The maximum absolute atomic E-state index is 12.7. The maximum Gasteiger partial charge on any atom is 0.244 e. The number of pyridine rings is 2. The molecular weight excluding hydrogens is 366 g/mol. The third kappa shape index (κ3) is 4.42. The van der Waals surface area contributed by atoms with Crippen LogP contribution in [0.15, 0.2) is 66.0 Å². The molecule has 0 spiro atoms. The first kappa shape index (κ1) is 18.8. The zero-order valence-electron chi connectivity index (χ0n) is 14.9. The molecule has 0 saturated heterocycles. The van der Waals surface area contributed by atoms with Crippen LogP contribution in [0.5, 0.6) is 11.5 Å². The predicted molar refractivity (Wildman–Crippen MR) is 101 cm³/mol. The van der Waals surface area contributed by atoms with E-state index in [1.54, 1.807) is 36.8 Å². The lowest BCUT2D eigenvalue weighted by Crippen LogP contribution is -2.24. The number of benzene rings is 1. The maximum atomic E-state index is 12.7. The number of aromatic nitrogens is 2. The van der Waals surface area contributed by atoms with Crippen LogP contribution in [0.2, 0.25) is 0 Å². The van der Waals surface area contributed by atoms with Gasteiger partial charge in [-0.2, -0.15) is 0 Å². The van der Waals surface area contributed by atoms with E-state index in [2.05, 4.69) is 14.7 Å².